The van der Waals surface area contributed by atoms with Gasteiger partial charge in [-0.1, -0.05) is 13.8 Å². The summed E-state index contributed by atoms with van der Waals surface area (Å²) in [5, 5.41) is 9.22. The van der Waals surface area contributed by atoms with Gasteiger partial charge in [-0.05, 0) is 18.8 Å². The van der Waals surface area contributed by atoms with Crippen molar-refractivity contribution in [3.63, 3.8) is 0 Å². The maximum absolute atomic E-state index is 11.3. The van der Waals surface area contributed by atoms with E-state index in [-0.39, 0.29) is 17.5 Å². The number of rotatable bonds is 4. The minimum absolute atomic E-state index is 0.0789. The first-order chi connectivity index (χ1) is 8.04. The molecule has 0 unspecified atom stereocenters. The number of carboxylic acid groups (broad SMARTS) is 1. The number of aromatic carboxylic acids is 1. The molecular formula is C12H16N2O3. The van der Waals surface area contributed by atoms with Crippen molar-refractivity contribution < 1.29 is 14.6 Å². The Morgan fingerprint density at radius 2 is 2.06 bits per heavy atom. The highest BCUT2D eigenvalue weighted by Gasteiger charge is 2.34. The van der Waals surface area contributed by atoms with Gasteiger partial charge in [0, 0.05) is 5.92 Å². The van der Waals surface area contributed by atoms with Crippen molar-refractivity contribution in [1.29, 1.82) is 0 Å². The molecule has 92 valence electrons. The molecule has 0 radical (unpaired) electrons. The SMILES string of the molecule is COc1nc(C(C)C)nc(C(=O)O)c1C1CC1. The van der Waals surface area contributed by atoms with Gasteiger partial charge in [-0.15, -0.1) is 0 Å². The van der Waals surface area contributed by atoms with Crippen molar-refractivity contribution >= 4 is 5.97 Å². The van der Waals surface area contributed by atoms with E-state index in [4.69, 9.17) is 4.74 Å². The lowest BCUT2D eigenvalue weighted by atomic mass is 10.1. The molecule has 5 nitrogen and oxygen atoms in total. The minimum Gasteiger partial charge on any atom is -0.481 e. The summed E-state index contributed by atoms with van der Waals surface area (Å²) >= 11 is 0. The fourth-order valence-electron chi connectivity index (χ4n) is 1.78. The Bertz CT molecular complexity index is 453. The van der Waals surface area contributed by atoms with Crippen LogP contribution in [0.25, 0.3) is 0 Å². The first-order valence-corrected chi connectivity index (χ1v) is 5.73. The van der Waals surface area contributed by atoms with Crippen molar-refractivity contribution in [1.82, 2.24) is 9.97 Å². The van der Waals surface area contributed by atoms with Gasteiger partial charge in [0.2, 0.25) is 5.88 Å². The molecule has 0 atom stereocenters. The molecule has 0 aliphatic heterocycles. The van der Waals surface area contributed by atoms with Crippen LogP contribution in [0, 0.1) is 0 Å². The van der Waals surface area contributed by atoms with Gasteiger partial charge >= 0.3 is 5.97 Å². The largest absolute Gasteiger partial charge is 0.481 e. The molecule has 0 saturated heterocycles. The quantitative estimate of drug-likeness (QED) is 0.867. The maximum atomic E-state index is 11.3. The first-order valence-electron chi connectivity index (χ1n) is 5.73. The summed E-state index contributed by atoms with van der Waals surface area (Å²) in [5.74, 6) is 0.259. The maximum Gasteiger partial charge on any atom is 0.355 e. The van der Waals surface area contributed by atoms with E-state index in [0.717, 1.165) is 12.8 Å². The normalized spacial score (nSPS) is 15.1. The number of hydrogen-bond donors (Lipinski definition) is 1. The van der Waals surface area contributed by atoms with Crippen LogP contribution in [0.15, 0.2) is 0 Å². The van der Waals surface area contributed by atoms with Gasteiger partial charge in [0.25, 0.3) is 0 Å². The van der Waals surface area contributed by atoms with E-state index in [1.54, 1.807) is 0 Å². The molecule has 0 amide bonds. The number of carboxylic acids is 1. The summed E-state index contributed by atoms with van der Waals surface area (Å²) in [6.45, 7) is 3.86. The second-order valence-corrected chi connectivity index (χ2v) is 4.59. The molecule has 0 aromatic carbocycles. The Hall–Kier alpha value is -1.65. The van der Waals surface area contributed by atoms with Crippen LogP contribution in [-0.2, 0) is 0 Å². The van der Waals surface area contributed by atoms with E-state index in [9.17, 15) is 9.90 Å². The van der Waals surface area contributed by atoms with Crippen molar-refractivity contribution in [3.05, 3.63) is 17.1 Å². The van der Waals surface area contributed by atoms with Gasteiger partial charge < -0.3 is 9.84 Å². The van der Waals surface area contributed by atoms with Crippen LogP contribution in [0.2, 0.25) is 0 Å². The van der Waals surface area contributed by atoms with Crippen LogP contribution >= 0.6 is 0 Å². The van der Waals surface area contributed by atoms with E-state index in [2.05, 4.69) is 9.97 Å². The first kappa shape index (κ1) is 11.8. The monoisotopic (exact) mass is 236 g/mol. The molecule has 1 heterocycles. The Morgan fingerprint density at radius 3 is 2.47 bits per heavy atom. The standard InChI is InChI=1S/C12H16N2O3/c1-6(2)10-13-9(12(15)16)8(7-4-5-7)11(14-10)17-3/h6-7H,4-5H2,1-3H3,(H,15,16). The minimum atomic E-state index is -1.01. The van der Waals surface area contributed by atoms with Crippen LogP contribution in [0.1, 0.15) is 60.4 Å². The number of nitrogens with zero attached hydrogens (tertiary/aromatic N) is 2. The van der Waals surface area contributed by atoms with Gasteiger partial charge in [0.1, 0.15) is 5.82 Å². The Morgan fingerprint density at radius 1 is 1.41 bits per heavy atom. The van der Waals surface area contributed by atoms with Crippen LogP contribution in [0.4, 0.5) is 0 Å². The van der Waals surface area contributed by atoms with Crippen molar-refractivity contribution in [2.45, 2.75) is 38.5 Å². The number of aromatic nitrogens is 2. The molecular weight excluding hydrogens is 220 g/mol. The van der Waals surface area contributed by atoms with Crippen LogP contribution in [-0.4, -0.2) is 28.2 Å². The molecule has 1 aliphatic rings. The third-order valence-corrected chi connectivity index (χ3v) is 2.83. The van der Waals surface area contributed by atoms with Crippen LogP contribution < -0.4 is 4.74 Å². The molecule has 0 spiro atoms. The highest BCUT2D eigenvalue weighted by Crippen LogP contribution is 2.45. The third-order valence-electron chi connectivity index (χ3n) is 2.83. The van der Waals surface area contributed by atoms with Crippen LogP contribution in [0.3, 0.4) is 0 Å². The third kappa shape index (κ3) is 2.23. The molecule has 1 aromatic rings. The number of hydrogen-bond acceptors (Lipinski definition) is 4. The predicted octanol–water partition coefficient (Wildman–Crippen LogP) is 2.18. The van der Waals surface area contributed by atoms with Gasteiger partial charge in [0.05, 0.1) is 12.7 Å². The van der Waals surface area contributed by atoms with Gasteiger partial charge in [-0.3, -0.25) is 0 Å². The Labute approximate surface area is 99.9 Å². The average Bonchev–Trinajstić information content (AvgIpc) is 3.10. The molecule has 1 fully saturated rings. The zero-order valence-electron chi connectivity index (χ0n) is 10.2. The van der Waals surface area contributed by atoms with Gasteiger partial charge in [0.15, 0.2) is 5.69 Å². The lowest BCUT2D eigenvalue weighted by molar-refractivity contribution is 0.0687. The Kier molecular flexibility index (Phi) is 3.00. The van der Waals surface area contributed by atoms with E-state index >= 15 is 0 Å². The number of ether oxygens (including phenoxy) is 1. The number of methoxy groups -OCH3 is 1. The van der Waals surface area contributed by atoms with Crippen molar-refractivity contribution in [2.75, 3.05) is 7.11 Å². The van der Waals surface area contributed by atoms with E-state index in [1.165, 1.54) is 7.11 Å². The molecule has 17 heavy (non-hydrogen) atoms. The Balaban J connectivity index is 2.59. The predicted molar refractivity (Wildman–Crippen MR) is 61.6 cm³/mol. The lowest BCUT2D eigenvalue weighted by Crippen LogP contribution is -2.12. The highest BCUT2D eigenvalue weighted by atomic mass is 16.5. The summed E-state index contributed by atoms with van der Waals surface area (Å²) in [6.07, 6.45) is 1.97. The summed E-state index contributed by atoms with van der Waals surface area (Å²) in [5.41, 5.74) is 0.757. The van der Waals surface area contributed by atoms with E-state index < -0.39 is 5.97 Å². The second kappa shape index (κ2) is 4.31. The second-order valence-electron chi connectivity index (χ2n) is 4.59. The molecule has 1 N–H and O–H groups in total. The van der Waals surface area contributed by atoms with Gasteiger partial charge in [-0.2, -0.15) is 4.98 Å². The van der Waals surface area contributed by atoms with Crippen molar-refractivity contribution in [3.8, 4) is 5.88 Å². The lowest BCUT2D eigenvalue weighted by Gasteiger charge is -2.12. The highest BCUT2D eigenvalue weighted by molar-refractivity contribution is 5.88. The van der Waals surface area contributed by atoms with Crippen LogP contribution in [0.5, 0.6) is 5.88 Å². The van der Waals surface area contributed by atoms with E-state index in [0.29, 0.717) is 17.3 Å². The summed E-state index contributed by atoms with van der Waals surface area (Å²) in [7, 11) is 1.52. The van der Waals surface area contributed by atoms with Crippen molar-refractivity contribution in [2.24, 2.45) is 0 Å². The fraction of sp³-hybridized carbons (Fsp3) is 0.583. The number of carbonyl (C=O) groups is 1. The zero-order valence-corrected chi connectivity index (χ0v) is 10.2. The molecule has 1 saturated carbocycles. The smallest absolute Gasteiger partial charge is 0.355 e. The topological polar surface area (TPSA) is 72.3 Å². The fourth-order valence-corrected chi connectivity index (χ4v) is 1.78. The molecule has 0 bridgehead atoms. The summed E-state index contributed by atoms with van der Waals surface area (Å²) in [6, 6.07) is 0. The summed E-state index contributed by atoms with van der Waals surface area (Å²) < 4.78 is 5.21. The molecule has 1 aromatic heterocycles. The molecule has 5 heteroatoms. The summed E-state index contributed by atoms with van der Waals surface area (Å²) in [4.78, 5) is 19.7. The zero-order chi connectivity index (χ0) is 12.6. The van der Waals surface area contributed by atoms with E-state index in [1.807, 2.05) is 13.8 Å². The van der Waals surface area contributed by atoms with Gasteiger partial charge in [-0.25, -0.2) is 9.78 Å². The molecule has 1 aliphatic carbocycles. The molecule has 2 rings (SSSR count). The average molecular weight is 236 g/mol.